The van der Waals surface area contributed by atoms with E-state index >= 15 is 0 Å². The van der Waals surface area contributed by atoms with Crippen molar-refractivity contribution in [3.8, 4) is 0 Å². The molecule has 1 atom stereocenters. The summed E-state index contributed by atoms with van der Waals surface area (Å²) in [6, 6.07) is 9.54. The first-order valence-electron chi connectivity index (χ1n) is 7.91. The van der Waals surface area contributed by atoms with Gasteiger partial charge in [0.2, 0.25) is 20.0 Å². The van der Waals surface area contributed by atoms with Crippen molar-refractivity contribution in [1.29, 1.82) is 0 Å². The molecule has 0 radical (unpaired) electrons. The van der Waals surface area contributed by atoms with Crippen molar-refractivity contribution in [2.45, 2.75) is 19.4 Å². The van der Waals surface area contributed by atoms with Gasteiger partial charge in [-0.15, -0.1) is 0 Å². The maximum Gasteiger partial charge on any atom is 0.247 e. The summed E-state index contributed by atoms with van der Waals surface area (Å²) in [6.45, 7) is 1.55. The number of nitrogens with zero attached hydrogens (tertiary/aromatic N) is 2. The number of benzene rings is 1. The molecule has 2 heterocycles. The van der Waals surface area contributed by atoms with Crippen molar-refractivity contribution in [2.24, 2.45) is 5.10 Å². The second-order valence-electron chi connectivity index (χ2n) is 5.90. The summed E-state index contributed by atoms with van der Waals surface area (Å²) in [6.07, 6.45) is 2.89. The third-order valence-corrected chi connectivity index (χ3v) is 6.26. The SMILES string of the molecule is CCS(=O)(=O)Nc1cccc(C2=NN(S(C)(=O)=O)[C@@H](c3ccco3)C2)c1. The molecule has 0 saturated heterocycles. The zero-order valence-electron chi connectivity index (χ0n) is 14.3. The molecule has 0 fully saturated rings. The molecule has 26 heavy (non-hydrogen) atoms. The number of hydrogen-bond acceptors (Lipinski definition) is 6. The van der Waals surface area contributed by atoms with Crippen LogP contribution in [0.3, 0.4) is 0 Å². The molecule has 0 unspecified atom stereocenters. The largest absolute Gasteiger partial charge is 0.467 e. The fraction of sp³-hybridized carbons (Fsp3) is 0.312. The standard InChI is InChI=1S/C16H19N3O5S2/c1-3-26(22,23)18-13-7-4-6-12(10-13)14-11-15(16-8-5-9-24-16)19(17-14)25(2,20)21/h4-10,15,18H,3,11H2,1-2H3/t15-/m1/s1. The average Bonchev–Trinajstić information content (AvgIpc) is 3.23. The van der Waals surface area contributed by atoms with Gasteiger partial charge in [0.1, 0.15) is 11.8 Å². The number of sulfonamides is 2. The Labute approximate surface area is 152 Å². The van der Waals surface area contributed by atoms with Crippen molar-refractivity contribution in [3.05, 3.63) is 54.0 Å². The van der Waals surface area contributed by atoms with Crippen molar-refractivity contribution in [3.63, 3.8) is 0 Å². The van der Waals surface area contributed by atoms with E-state index in [1.807, 2.05) is 0 Å². The Hall–Kier alpha value is -2.33. The second-order valence-corrected chi connectivity index (χ2v) is 9.76. The van der Waals surface area contributed by atoms with Crippen molar-refractivity contribution in [2.75, 3.05) is 16.7 Å². The molecule has 0 aliphatic carbocycles. The first-order valence-corrected chi connectivity index (χ1v) is 11.4. The Balaban J connectivity index is 1.94. The normalized spacial score (nSPS) is 18.0. The average molecular weight is 397 g/mol. The number of anilines is 1. The third kappa shape index (κ3) is 3.91. The van der Waals surface area contributed by atoms with Crippen LogP contribution in [0.5, 0.6) is 0 Å². The molecule has 1 aliphatic heterocycles. The molecule has 0 bridgehead atoms. The molecule has 0 spiro atoms. The molecule has 3 rings (SSSR count). The smallest absolute Gasteiger partial charge is 0.247 e. The number of hydrogen-bond donors (Lipinski definition) is 1. The fourth-order valence-electron chi connectivity index (χ4n) is 2.68. The van der Waals surface area contributed by atoms with Gasteiger partial charge in [-0.3, -0.25) is 4.72 Å². The maximum atomic E-state index is 12.1. The topological polar surface area (TPSA) is 109 Å². The van der Waals surface area contributed by atoms with Gasteiger partial charge in [0, 0.05) is 12.1 Å². The minimum atomic E-state index is -3.59. The summed E-state index contributed by atoms with van der Waals surface area (Å²) in [4.78, 5) is 0. The number of furan rings is 1. The van der Waals surface area contributed by atoms with Gasteiger partial charge in [-0.05, 0) is 36.8 Å². The minimum absolute atomic E-state index is 0.0411. The predicted molar refractivity (Wildman–Crippen MR) is 98.8 cm³/mol. The summed E-state index contributed by atoms with van der Waals surface area (Å²) in [7, 11) is -6.99. The highest BCUT2D eigenvalue weighted by atomic mass is 32.2. The highest BCUT2D eigenvalue weighted by Gasteiger charge is 2.36. The van der Waals surface area contributed by atoms with Crippen LogP contribution in [0.15, 0.2) is 52.2 Å². The minimum Gasteiger partial charge on any atom is -0.467 e. The Kier molecular flexibility index (Phi) is 4.80. The summed E-state index contributed by atoms with van der Waals surface area (Å²) < 4.78 is 56.6. The lowest BCUT2D eigenvalue weighted by Gasteiger charge is -2.18. The van der Waals surface area contributed by atoms with Gasteiger partial charge in [0.25, 0.3) is 0 Å². The molecule has 0 amide bonds. The van der Waals surface area contributed by atoms with Gasteiger partial charge < -0.3 is 4.42 Å². The summed E-state index contributed by atoms with van der Waals surface area (Å²) >= 11 is 0. The summed E-state index contributed by atoms with van der Waals surface area (Å²) in [5.74, 6) is 0.456. The second kappa shape index (κ2) is 6.76. The van der Waals surface area contributed by atoms with Crippen LogP contribution >= 0.6 is 0 Å². The molecule has 2 aromatic rings. The Morgan fingerprint density at radius 3 is 2.62 bits per heavy atom. The van der Waals surface area contributed by atoms with Crippen LogP contribution in [-0.2, 0) is 20.0 Å². The molecular weight excluding hydrogens is 378 g/mol. The van der Waals surface area contributed by atoms with E-state index in [1.54, 1.807) is 43.3 Å². The molecule has 8 nitrogen and oxygen atoms in total. The lowest BCUT2D eigenvalue weighted by atomic mass is 10.0. The van der Waals surface area contributed by atoms with Crippen molar-refractivity contribution >= 4 is 31.4 Å². The Morgan fingerprint density at radius 1 is 1.23 bits per heavy atom. The molecule has 1 aliphatic rings. The van der Waals surface area contributed by atoms with Crippen molar-refractivity contribution < 1.29 is 21.3 Å². The Morgan fingerprint density at radius 2 is 2.00 bits per heavy atom. The van der Waals surface area contributed by atoms with Crippen LogP contribution in [0.1, 0.15) is 30.7 Å². The van der Waals surface area contributed by atoms with Gasteiger partial charge in [-0.1, -0.05) is 12.1 Å². The van der Waals surface area contributed by atoms with E-state index < -0.39 is 26.1 Å². The quantitative estimate of drug-likeness (QED) is 0.803. The van der Waals surface area contributed by atoms with Crippen LogP contribution in [0.2, 0.25) is 0 Å². The molecule has 0 saturated carbocycles. The van der Waals surface area contributed by atoms with E-state index in [-0.39, 0.29) is 5.75 Å². The number of hydrazone groups is 1. The molecule has 1 aromatic carbocycles. The van der Waals surface area contributed by atoms with Crippen LogP contribution in [0.4, 0.5) is 5.69 Å². The van der Waals surface area contributed by atoms with Gasteiger partial charge in [-0.25, -0.2) is 16.8 Å². The Bertz CT molecular complexity index is 1030. The van der Waals surface area contributed by atoms with E-state index in [4.69, 9.17) is 4.42 Å². The highest BCUT2D eigenvalue weighted by molar-refractivity contribution is 7.92. The van der Waals surface area contributed by atoms with E-state index in [0.717, 1.165) is 10.7 Å². The van der Waals surface area contributed by atoms with E-state index in [9.17, 15) is 16.8 Å². The number of nitrogens with one attached hydrogen (secondary N) is 1. The molecular formula is C16H19N3O5S2. The fourth-order valence-corrected chi connectivity index (χ4v) is 4.19. The molecule has 10 heteroatoms. The van der Waals surface area contributed by atoms with Gasteiger partial charge in [0.05, 0.1) is 24.0 Å². The molecule has 140 valence electrons. The lowest BCUT2D eigenvalue weighted by Crippen LogP contribution is -2.25. The highest BCUT2D eigenvalue weighted by Crippen LogP contribution is 2.35. The summed E-state index contributed by atoms with van der Waals surface area (Å²) in [5, 5.41) is 4.25. The predicted octanol–water partition coefficient (Wildman–Crippen LogP) is 2.15. The van der Waals surface area contributed by atoms with E-state index in [2.05, 4.69) is 9.82 Å². The zero-order valence-corrected chi connectivity index (χ0v) is 15.9. The van der Waals surface area contributed by atoms with Crippen LogP contribution < -0.4 is 4.72 Å². The first kappa shape index (κ1) is 18.5. The number of rotatable bonds is 6. The van der Waals surface area contributed by atoms with Gasteiger partial charge >= 0.3 is 0 Å². The third-order valence-electron chi connectivity index (χ3n) is 3.93. The first-order chi connectivity index (χ1) is 12.2. The van der Waals surface area contributed by atoms with E-state index in [1.165, 1.54) is 6.26 Å². The van der Waals surface area contributed by atoms with Crippen LogP contribution in [-0.4, -0.2) is 39.0 Å². The molecule has 1 N–H and O–H groups in total. The van der Waals surface area contributed by atoms with Gasteiger partial charge in [-0.2, -0.15) is 9.52 Å². The monoisotopic (exact) mass is 397 g/mol. The van der Waals surface area contributed by atoms with E-state index in [0.29, 0.717) is 29.1 Å². The van der Waals surface area contributed by atoms with Gasteiger partial charge in [0.15, 0.2) is 0 Å². The lowest BCUT2D eigenvalue weighted by molar-refractivity contribution is 0.322. The van der Waals surface area contributed by atoms with Crippen LogP contribution in [0, 0.1) is 0 Å². The molecule has 1 aromatic heterocycles. The van der Waals surface area contributed by atoms with Crippen molar-refractivity contribution in [1.82, 2.24) is 4.41 Å². The summed E-state index contributed by atoms with van der Waals surface area (Å²) in [5.41, 5.74) is 1.58. The zero-order chi connectivity index (χ0) is 18.9. The maximum absolute atomic E-state index is 12.1. The van der Waals surface area contributed by atoms with Crippen LogP contribution in [0.25, 0.3) is 0 Å².